The SMILES string of the molecule is Cc1[nH]ncc1CCCNC(=O)C(F)(F)C(F)F. The molecule has 102 valence electrons. The number of nitrogens with one attached hydrogen (secondary N) is 2. The number of hydrogen-bond acceptors (Lipinski definition) is 2. The van der Waals surface area contributed by atoms with E-state index < -0.39 is 18.3 Å². The number of carbonyl (C=O) groups excluding carboxylic acids is 1. The van der Waals surface area contributed by atoms with Crippen LogP contribution in [0.2, 0.25) is 0 Å². The summed E-state index contributed by atoms with van der Waals surface area (Å²) in [7, 11) is 0. The van der Waals surface area contributed by atoms with Crippen LogP contribution in [0.4, 0.5) is 17.6 Å². The number of aryl methyl sites for hydroxylation is 2. The third kappa shape index (κ3) is 3.44. The highest BCUT2D eigenvalue weighted by atomic mass is 19.3. The van der Waals surface area contributed by atoms with Gasteiger partial charge in [0.2, 0.25) is 0 Å². The van der Waals surface area contributed by atoms with Gasteiger partial charge in [-0.25, -0.2) is 8.78 Å². The van der Waals surface area contributed by atoms with E-state index >= 15 is 0 Å². The summed E-state index contributed by atoms with van der Waals surface area (Å²) in [6.45, 7) is 1.71. The van der Waals surface area contributed by atoms with Crippen LogP contribution in [0.15, 0.2) is 6.20 Å². The number of nitrogens with zero attached hydrogens (tertiary/aromatic N) is 1. The average molecular weight is 267 g/mol. The lowest BCUT2D eigenvalue weighted by molar-refractivity contribution is -0.169. The molecular formula is C10H13F4N3O. The molecule has 0 aliphatic carbocycles. The van der Waals surface area contributed by atoms with Gasteiger partial charge < -0.3 is 5.32 Å². The molecule has 1 aromatic heterocycles. The molecule has 1 heterocycles. The second kappa shape index (κ2) is 5.83. The smallest absolute Gasteiger partial charge is 0.351 e. The van der Waals surface area contributed by atoms with Crippen molar-refractivity contribution in [2.45, 2.75) is 32.1 Å². The van der Waals surface area contributed by atoms with Crippen LogP contribution in [-0.2, 0) is 11.2 Å². The van der Waals surface area contributed by atoms with E-state index in [-0.39, 0.29) is 6.54 Å². The second-order valence-corrected chi connectivity index (χ2v) is 3.80. The molecule has 1 rings (SSSR count). The molecule has 0 aliphatic rings. The summed E-state index contributed by atoms with van der Waals surface area (Å²) in [5.41, 5.74) is 1.74. The molecule has 0 unspecified atom stereocenters. The summed E-state index contributed by atoms with van der Waals surface area (Å²) in [6, 6.07) is 0. The van der Waals surface area contributed by atoms with Crippen molar-refractivity contribution in [3.05, 3.63) is 17.5 Å². The van der Waals surface area contributed by atoms with Gasteiger partial charge in [-0.2, -0.15) is 13.9 Å². The predicted octanol–water partition coefficient (Wildman–Crippen LogP) is 1.67. The Bertz CT molecular complexity index is 406. The first kappa shape index (κ1) is 14.5. The summed E-state index contributed by atoms with van der Waals surface area (Å²) in [5, 5.41) is 8.25. The van der Waals surface area contributed by atoms with Crippen LogP contribution in [0.1, 0.15) is 17.7 Å². The quantitative estimate of drug-likeness (QED) is 0.608. The van der Waals surface area contributed by atoms with Gasteiger partial charge in [-0.3, -0.25) is 9.89 Å². The number of amides is 1. The number of alkyl halides is 4. The fourth-order valence-corrected chi connectivity index (χ4v) is 1.33. The summed E-state index contributed by atoms with van der Waals surface area (Å²) < 4.78 is 48.7. The van der Waals surface area contributed by atoms with Gasteiger partial charge in [-0.1, -0.05) is 0 Å². The molecule has 0 radical (unpaired) electrons. The van der Waals surface area contributed by atoms with Crippen LogP contribution in [0.5, 0.6) is 0 Å². The van der Waals surface area contributed by atoms with Crippen molar-refractivity contribution in [3.63, 3.8) is 0 Å². The van der Waals surface area contributed by atoms with Crippen molar-refractivity contribution in [2.24, 2.45) is 0 Å². The first-order chi connectivity index (χ1) is 8.35. The lowest BCUT2D eigenvalue weighted by Crippen LogP contribution is -2.45. The van der Waals surface area contributed by atoms with Crippen LogP contribution in [0.25, 0.3) is 0 Å². The maximum atomic E-state index is 12.5. The Morgan fingerprint density at radius 3 is 2.72 bits per heavy atom. The van der Waals surface area contributed by atoms with Crippen LogP contribution < -0.4 is 5.32 Å². The molecule has 0 bridgehead atoms. The zero-order valence-corrected chi connectivity index (χ0v) is 9.64. The van der Waals surface area contributed by atoms with Gasteiger partial charge in [0.15, 0.2) is 0 Å². The minimum Gasteiger partial charge on any atom is -0.351 e. The summed E-state index contributed by atoms with van der Waals surface area (Å²) in [6.07, 6.45) is -1.52. The molecule has 0 aliphatic heterocycles. The Kier molecular flexibility index (Phi) is 4.69. The number of hydrogen-bond donors (Lipinski definition) is 2. The molecule has 1 amide bonds. The van der Waals surface area contributed by atoms with Crippen LogP contribution in [0.3, 0.4) is 0 Å². The Hall–Kier alpha value is -1.60. The Labute approximate surface area is 101 Å². The van der Waals surface area contributed by atoms with Crippen molar-refractivity contribution < 1.29 is 22.4 Å². The van der Waals surface area contributed by atoms with Crippen molar-refractivity contribution in [3.8, 4) is 0 Å². The topological polar surface area (TPSA) is 57.8 Å². The zero-order chi connectivity index (χ0) is 13.8. The Balaban J connectivity index is 2.30. The van der Waals surface area contributed by atoms with Gasteiger partial charge in [0.1, 0.15) is 0 Å². The zero-order valence-electron chi connectivity index (χ0n) is 9.64. The minimum absolute atomic E-state index is 0.0915. The highest BCUT2D eigenvalue weighted by molar-refractivity contribution is 5.83. The molecule has 8 heteroatoms. The van der Waals surface area contributed by atoms with E-state index in [1.165, 1.54) is 0 Å². The lowest BCUT2D eigenvalue weighted by Gasteiger charge is -2.14. The third-order valence-corrected chi connectivity index (χ3v) is 2.42. The van der Waals surface area contributed by atoms with E-state index in [1.807, 2.05) is 0 Å². The van der Waals surface area contributed by atoms with E-state index in [9.17, 15) is 22.4 Å². The molecule has 0 atom stereocenters. The lowest BCUT2D eigenvalue weighted by atomic mass is 10.1. The number of H-pyrrole nitrogens is 1. The number of rotatable bonds is 6. The predicted molar refractivity (Wildman–Crippen MR) is 55.6 cm³/mol. The van der Waals surface area contributed by atoms with Crippen LogP contribution in [-0.4, -0.2) is 35.0 Å². The monoisotopic (exact) mass is 267 g/mol. The van der Waals surface area contributed by atoms with Gasteiger partial charge >= 0.3 is 12.3 Å². The largest absolute Gasteiger partial charge is 0.383 e. The summed E-state index contributed by atoms with van der Waals surface area (Å²) in [5.74, 6) is -6.58. The second-order valence-electron chi connectivity index (χ2n) is 3.80. The maximum Gasteiger partial charge on any atom is 0.383 e. The third-order valence-electron chi connectivity index (χ3n) is 2.42. The minimum atomic E-state index is -4.63. The van der Waals surface area contributed by atoms with Gasteiger partial charge in [-0.15, -0.1) is 0 Å². The number of halogens is 4. The molecule has 0 saturated carbocycles. The normalized spacial score (nSPS) is 11.9. The summed E-state index contributed by atoms with van der Waals surface area (Å²) in [4.78, 5) is 10.8. The van der Waals surface area contributed by atoms with Crippen molar-refractivity contribution in [1.29, 1.82) is 0 Å². The molecule has 2 N–H and O–H groups in total. The molecule has 18 heavy (non-hydrogen) atoms. The molecular weight excluding hydrogens is 254 g/mol. The van der Waals surface area contributed by atoms with E-state index in [0.717, 1.165) is 11.3 Å². The van der Waals surface area contributed by atoms with Gasteiger partial charge in [0.25, 0.3) is 5.91 Å². The van der Waals surface area contributed by atoms with Crippen LogP contribution >= 0.6 is 0 Å². The van der Waals surface area contributed by atoms with Gasteiger partial charge in [-0.05, 0) is 25.3 Å². The molecule has 4 nitrogen and oxygen atoms in total. The average Bonchev–Trinajstić information content (AvgIpc) is 2.69. The number of carbonyl (C=O) groups is 1. The fourth-order valence-electron chi connectivity index (χ4n) is 1.33. The summed E-state index contributed by atoms with van der Waals surface area (Å²) >= 11 is 0. The molecule has 0 saturated heterocycles. The van der Waals surface area contributed by atoms with E-state index in [1.54, 1.807) is 18.4 Å². The van der Waals surface area contributed by atoms with Crippen molar-refractivity contribution >= 4 is 5.91 Å². The standard InChI is InChI=1S/C10H13F4N3O/c1-6-7(5-16-17-6)3-2-4-15-9(18)10(13,14)8(11)12/h5,8H,2-4H2,1H3,(H,15,18)(H,16,17). The molecule has 1 aromatic rings. The highest BCUT2D eigenvalue weighted by Crippen LogP contribution is 2.22. The molecule has 0 fully saturated rings. The van der Waals surface area contributed by atoms with E-state index in [2.05, 4.69) is 10.2 Å². The van der Waals surface area contributed by atoms with Crippen molar-refractivity contribution in [2.75, 3.05) is 6.54 Å². The van der Waals surface area contributed by atoms with Gasteiger partial charge in [0, 0.05) is 12.2 Å². The first-order valence-corrected chi connectivity index (χ1v) is 5.28. The molecule has 0 spiro atoms. The van der Waals surface area contributed by atoms with Crippen molar-refractivity contribution in [1.82, 2.24) is 15.5 Å². The first-order valence-electron chi connectivity index (χ1n) is 5.28. The van der Waals surface area contributed by atoms with Crippen LogP contribution in [0, 0.1) is 6.92 Å². The molecule has 0 aromatic carbocycles. The highest BCUT2D eigenvalue weighted by Gasteiger charge is 2.48. The van der Waals surface area contributed by atoms with E-state index in [0.29, 0.717) is 12.8 Å². The number of aromatic amines is 1. The Morgan fingerprint density at radius 1 is 1.56 bits per heavy atom. The Morgan fingerprint density at radius 2 is 2.22 bits per heavy atom. The number of aromatic nitrogens is 2. The fraction of sp³-hybridized carbons (Fsp3) is 0.600. The maximum absolute atomic E-state index is 12.5. The van der Waals surface area contributed by atoms with Gasteiger partial charge in [0.05, 0.1) is 6.20 Å². The van der Waals surface area contributed by atoms with E-state index in [4.69, 9.17) is 0 Å².